The fourth-order valence-electron chi connectivity index (χ4n) is 2.19. The standard InChI is InChI=1S/C15H13F3N2O2/c16-15(17,18)14(9-2-4-13(22)11(20)6-9)8-1-3-12(21)10(5-8)7-19/h1-7,14,19,21-22H,20H2. The van der Waals surface area contributed by atoms with Gasteiger partial charge in [-0.1, -0.05) is 12.1 Å². The molecule has 2 aromatic rings. The predicted octanol–water partition coefficient (Wildman–Crippen LogP) is 3.37. The van der Waals surface area contributed by atoms with Crippen LogP contribution < -0.4 is 5.73 Å². The van der Waals surface area contributed by atoms with Gasteiger partial charge >= 0.3 is 6.18 Å². The molecule has 5 N–H and O–H groups in total. The van der Waals surface area contributed by atoms with Gasteiger partial charge in [-0.15, -0.1) is 0 Å². The first-order chi connectivity index (χ1) is 10.2. The Kier molecular flexibility index (Phi) is 3.99. The summed E-state index contributed by atoms with van der Waals surface area (Å²) in [6, 6.07) is 6.65. The summed E-state index contributed by atoms with van der Waals surface area (Å²) in [5, 5.41) is 26.0. The van der Waals surface area contributed by atoms with Crippen molar-refractivity contribution in [3.05, 3.63) is 53.1 Å². The Morgan fingerprint density at radius 3 is 2.05 bits per heavy atom. The number of benzene rings is 2. The van der Waals surface area contributed by atoms with Crippen LogP contribution >= 0.6 is 0 Å². The Morgan fingerprint density at radius 1 is 1.00 bits per heavy atom. The molecule has 0 bridgehead atoms. The SMILES string of the molecule is N=Cc1cc(C(c2ccc(O)c(N)c2)C(F)(F)F)ccc1O. The second-order valence-corrected chi connectivity index (χ2v) is 4.76. The zero-order valence-electron chi connectivity index (χ0n) is 11.2. The average molecular weight is 310 g/mol. The van der Waals surface area contributed by atoms with Gasteiger partial charge in [0.1, 0.15) is 17.4 Å². The first-order valence-corrected chi connectivity index (χ1v) is 6.22. The first-order valence-electron chi connectivity index (χ1n) is 6.22. The highest BCUT2D eigenvalue weighted by molar-refractivity contribution is 5.81. The van der Waals surface area contributed by atoms with E-state index in [2.05, 4.69) is 0 Å². The number of nitrogen functional groups attached to an aromatic ring is 1. The summed E-state index contributed by atoms with van der Waals surface area (Å²) in [6.45, 7) is 0. The first kappa shape index (κ1) is 15.7. The van der Waals surface area contributed by atoms with E-state index in [4.69, 9.17) is 11.1 Å². The molecule has 0 radical (unpaired) electrons. The van der Waals surface area contributed by atoms with Crippen LogP contribution in [-0.2, 0) is 0 Å². The molecule has 2 aromatic carbocycles. The van der Waals surface area contributed by atoms with Crippen molar-refractivity contribution in [3.8, 4) is 11.5 Å². The fourth-order valence-corrected chi connectivity index (χ4v) is 2.19. The van der Waals surface area contributed by atoms with E-state index in [1.807, 2.05) is 0 Å². The quantitative estimate of drug-likeness (QED) is 0.398. The van der Waals surface area contributed by atoms with Crippen molar-refractivity contribution in [2.24, 2.45) is 0 Å². The topological polar surface area (TPSA) is 90.3 Å². The maximum Gasteiger partial charge on any atom is 0.399 e. The minimum Gasteiger partial charge on any atom is -0.507 e. The molecular weight excluding hydrogens is 297 g/mol. The average Bonchev–Trinajstić information content (AvgIpc) is 2.43. The number of alkyl halides is 3. The molecule has 116 valence electrons. The molecule has 0 aliphatic heterocycles. The number of anilines is 1. The predicted molar refractivity (Wildman–Crippen MR) is 76.4 cm³/mol. The third-order valence-corrected chi connectivity index (χ3v) is 3.25. The van der Waals surface area contributed by atoms with Crippen LogP contribution in [0.25, 0.3) is 0 Å². The largest absolute Gasteiger partial charge is 0.507 e. The number of rotatable bonds is 3. The third-order valence-electron chi connectivity index (χ3n) is 3.25. The number of hydrogen-bond acceptors (Lipinski definition) is 4. The highest BCUT2D eigenvalue weighted by Gasteiger charge is 2.42. The molecule has 0 saturated carbocycles. The van der Waals surface area contributed by atoms with Gasteiger partial charge in [0.2, 0.25) is 0 Å². The molecule has 0 heterocycles. The highest BCUT2D eigenvalue weighted by Crippen LogP contribution is 2.42. The van der Waals surface area contributed by atoms with Crippen LogP contribution in [0.15, 0.2) is 36.4 Å². The van der Waals surface area contributed by atoms with Gasteiger partial charge in [-0.2, -0.15) is 13.2 Å². The van der Waals surface area contributed by atoms with Crippen molar-refractivity contribution in [3.63, 3.8) is 0 Å². The summed E-state index contributed by atoms with van der Waals surface area (Å²) in [4.78, 5) is 0. The molecule has 1 atom stereocenters. The summed E-state index contributed by atoms with van der Waals surface area (Å²) in [7, 11) is 0. The molecule has 7 heteroatoms. The van der Waals surface area contributed by atoms with Crippen LogP contribution in [0.2, 0.25) is 0 Å². The van der Waals surface area contributed by atoms with Crippen LogP contribution in [0.5, 0.6) is 11.5 Å². The molecule has 0 saturated heterocycles. The molecule has 0 aromatic heterocycles. The van der Waals surface area contributed by atoms with Gasteiger partial charge < -0.3 is 21.4 Å². The molecule has 4 nitrogen and oxygen atoms in total. The zero-order valence-corrected chi connectivity index (χ0v) is 11.2. The number of aromatic hydroxyl groups is 2. The summed E-state index contributed by atoms with van der Waals surface area (Å²) in [5.74, 6) is -2.55. The van der Waals surface area contributed by atoms with E-state index >= 15 is 0 Å². The van der Waals surface area contributed by atoms with Gasteiger partial charge in [0.15, 0.2) is 0 Å². The summed E-state index contributed by atoms with van der Waals surface area (Å²) in [5.41, 5.74) is 5.03. The summed E-state index contributed by atoms with van der Waals surface area (Å²) < 4.78 is 40.3. The van der Waals surface area contributed by atoms with Gasteiger partial charge in [-0.3, -0.25) is 0 Å². The molecule has 0 spiro atoms. The van der Waals surface area contributed by atoms with E-state index in [0.29, 0.717) is 0 Å². The van der Waals surface area contributed by atoms with Gasteiger partial charge in [0.25, 0.3) is 0 Å². The number of nitrogens with two attached hydrogens (primary N) is 1. The lowest BCUT2D eigenvalue weighted by Crippen LogP contribution is -2.22. The van der Waals surface area contributed by atoms with Crippen molar-refractivity contribution >= 4 is 11.9 Å². The van der Waals surface area contributed by atoms with Crippen LogP contribution in [0.4, 0.5) is 18.9 Å². The van der Waals surface area contributed by atoms with Crippen molar-refractivity contribution in [2.75, 3.05) is 5.73 Å². The van der Waals surface area contributed by atoms with Crippen LogP contribution in [0.3, 0.4) is 0 Å². The minimum absolute atomic E-state index is 0.0153. The molecule has 2 rings (SSSR count). The maximum absolute atomic E-state index is 13.4. The van der Waals surface area contributed by atoms with E-state index in [0.717, 1.165) is 42.6 Å². The van der Waals surface area contributed by atoms with Gasteiger partial charge in [0, 0.05) is 11.8 Å². The Balaban J connectivity index is 2.60. The van der Waals surface area contributed by atoms with E-state index in [-0.39, 0.29) is 33.9 Å². The molecule has 1 unspecified atom stereocenters. The second kappa shape index (κ2) is 5.59. The van der Waals surface area contributed by atoms with E-state index in [1.54, 1.807) is 0 Å². The van der Waals surface area contributed by atoms with E-state index in [9.17, 15) is 23.4 Å². The number of nitrogens with one attached hydrogen (secondary N) is 1. The minimum atomic E-state index is -4.60. The molecule has 22 heavy (non-hydrogen) atoms. The zero-order chi connectivity index (χ0) is 16.5. The number of hydrogen-bond donors (Lipinski definition) is 4. The maximum atomic E-state index is 13.4. The Hall–Kier alpha value is -2.70. The van der Waals surface area contributed by atoms with Crippen LogP contribution in [0, 0.1) is 5.41 Å². The number of phenols is 2. The monoisotopic (exact) mass is 310 g/mol. The lowest BCUT2D eigenvalue weighted by atomic mass is 9.89. The molecule has 0 amide bonds. The Labute approximate surface area is 124 Å². The summed E-state index contributed by atoms with van der Waals surface area (Å²) >= 11 is 0. The molecule has 0 aliphatic rings. The van der Waals surface area contributed by atoms with Crippen molar-refractivity contribution in [2.45, 2.75) is 12.1 Å². The highest BCUT2D eigenvalue weighted by atomic mass is 19.4. The third kappa shape index (κ3) is 2.98. The second-order valence-electron chi connectivity index (χ2n) is 4.76. The smallest absolute Gasteiger partial charge is 0.399 e. The number of phenolic OH excluding ortho intramolecular Hbond substituents is 2. The number of halogens is 3. The molecule has 0 fully saturated rings. The van der Waals surface area contributed by atoms with Gasteiger partial charge in [0.05, 0.1) is 5.69 Å². The molecular formula is C15H13F3N2O2. The Morgan fingerprint density at radius 2 is 1.55 bits per heavy atom. The fraction of sp³-hybridized carbons (Fsp3) is 0.133. The lowest BCUT2D eigenvalue weighted by molar-refractivity contribution is -0.141. The lowest BCUT2D eigenvalue weighted by Gasteiger charge is -2.22. The van der Waals surface area contributed by atoms with Crippen molar-refractivity contribution in [1.82, 2.24) is 0 Å². The van der Waals surface area contributed by atoms with Crippen molar-refractivity contribution < 1.29 is 23.4 Å². The van der Waals surface area contributed by atoms with Gasteiger partial charge in [-0.05, 0) is 35.4 Å². The molecule has 0 aliphatic carbocycles. The van der Waals surface area contributed by atoms with Crippen LogP contribution in [0.1, 0.15) is 22.6 Å². The van der Waals surface area contributed by atoms with E-state index < -0.39 is 12.1 Å². The van der Waals surface area contributed by atoms with Crippen LogP contribution in [-0.4, -0.2) is 22.6 Å². The Bertz CT molecular complexity index is 714. The summed E-state index contributed by atoms with van der Waals surface area (Å²) in [6.07, 6.45) is -3.82. The normalized spacial score (nSPS) is 12.9. The van der Waals surface area contributed by atoms with E-state index in [1.165, 1.54) is 0 Å². The van der Waals surface area contributed by atoms with Gasteiger partial charge in [-0.25, -0.2) is 0 Å². The van der Waals surface area contributed by atoms with Crippen molar-refractivity contribution in [1.29, 1.82) is 5.41 Å².